The lowest BCUT2D eigenvalue weighted by atomic mass is 9.83. The maximum atomic E-state index is 11.6. The average Bonchev–Trinajstić information content (AvgIpc) is 2.48. The minimum atomic E-state index is 0.159. The smallest absolute Gasteiger partial charge is 0.131 e. The molecule has 2 unspecified atom stereocenters. The monoisotopic (exact) mass is 311 g/mol. The highest BCUT2D eigenvalue weighted by atomic mass is 32.2. The van der Waals surface area contributed by atoms with Gasteiger partial charge < -0.3 is 4.74 Å². The zero-order chi connectivity index (χ0) is 14.7. The summed E-state index contributed by atoms with van der Waals surface area (Å²) in [5.74, 6) is 2.86. The molecule has 120 valence electrons. The second kappa shape index (κ2) is 7.01. The molecule has 1 spiro atoms. The normalized spacial score (nSPS) is 34.0. The van der Waals surface area contributed by atoms with Crippen molar-refractivity contribution in [2.24, 2.45) is 0 Å². The zero-order valence-electron chi connectivity index (χ0n) is 13.3. The van der Waals surface area contributed by atoms with Gasteiger partial charge >= 0.3 is 0 Å². The van der Waals surface area contributed by atoms with Crippen LogP contribution in [0.3, 0.4) is 0 Å². The highest BCUT2D eigenvalue weighted by Gasteiger charge is 2.42. The molecule has 0 N–H and O–H groups in total. The molecule has 0 amide bonds. The summed E-state index contributed by atoms with van der Waals surface area (Å²) in [7, 11) is 0. The molecule has 0 aromatic rings. The molecule has 0 aromatic carbocycles. The van der Waals surface area contributed by atoms with Crippen LogP contribution in [-0.4, -0.2) is 53.0 Å². The van der Waals surface area contributed by atoms with Gasteiger partial charge in [-0.05, 0) is 63.5 Å². The minimum Gasteiger partial charge on any atom is -0.375 e. The van der Waals surface area contributed by atoms with Crippen molar-refractivity contribution in [3.63, 3.8) is 0 Å². The van der Waals surface area contributed by atoms with Gasteiger partial charge in [-0.2, -0.15) is 11.8 Å². The highest BCUT2D eigenvalue weighted by molar-refractivity contribution is 7.99. The molecular formula is C17H29NO2S. The Hall–Kier alpha value is -0.0600. The summed E-state index contributed by atoms with van der Waals surface area (Å²) in [6.45, 7) is 3.85. The zero-order valence-corrected chi connectivity index (χ0v) is 14.1. The van der Waals surface area contributed by atoms with Crippen LogP contribution in [-0.2, 0) is 9.53 Å². The molecule has 0 radical (unpaired) electrons. The summed E-state index contributed by atoms with van der Waals surface area (Å²) < 4.78 is 6.24. The fourth-order valence-corrected chi connectivity index (χ4v) is 5.67. The number of Topliss-reactive ketones (excluding diaryl/α,β-unsaturated/α-hetero) is 1. The third-order valence-corrected chi connectivity index (χ3v) is 6.52. The predicted octanol–water partition coefficient (Wildman–Crippen LogP) is 3.26. The van der Waals surface area contributed by atoms with Gasteiger partial charge in [0.25, 0.3) is 0 Å². The summed E-state index contributed by atoms with van der Waals surface area (Å²) in [4.78, 5) is 14.3. The predicted molar refractivity (Wildman–Crippen MR) is 87.9 cm³/mol. The maximum absolute atomic E-state index is 11.6. The molecule has 3 nitrogen and oxygen atoms in total. The molecule has 0 aromatic heterocycles. The van der Waals surface area contributed by atoms with E-state index in [1.165, 1.54) is 56.6 Å². The number of rotatable bonds is 3. The highest BCUT2D eigenvalue weighted by Crippen LogP contribution is 2.40. The van der Waals surface area contributed by atoms with Gasteiger partial charge in [0.15, 0.2) is 0 Å². The van der Waals surface area contributed by atoms with E-state index in [-0.39, 0.29) is 5.60 Å². The largest absolute Gasteiger partial charge is 0.375 e. The summed E-state index contributed by atoms with van der Waals surface area (Å²) in [6, 6.07) is 1.14. The first-order valence-corrected chi connectivity index (χ1v) is 9.81. The van der Waals surface area contributed by atoms with Crippen molar-refractivity contribution in [2.45, 2.75) is 76.0 Å². The number of hydrogen-bond acceptors (Lipinski definition) is 4. The third-order valence-electron chi connectivity index (χ3n) is 5.54. The molecular weight excluding hydrogens is 282 g/mol. The van der Waals surface area contributed by atoms with Crippen LogP contribution in [0.15, 0.2) is 0 Å². The lowest BCUT2D eigenvalue weighted by Gasteiger charge is -2.49. The number of nitrogens with zero attached hydrogens (tertiary/aromatic N) is 1. The second-order valence-corrected chi connectivity index (χ2v) is 8.31. The molecule has 3 heterocycles. The minimum absolute atomic E-state index is 0.159. The first kappa shape index (κ1) is 15.8. The molecule has 3 rings (SSSR count). The Labute approximate surface area is 133 Å². The number of ketones is 1. The molecule has 3 saturated heterocycles. The van der Waals surface area contributed by atoms with Gasteiger partial charge in [0.1, 0.15) is 5.78 Å². The van der Waals surface area contributed by atoms with Crippen molar-refractivity contribution < 1.29 is 9.53 Å². The maximum Gasteiger partial charge on any atom is 0.131 e. The standard InChI is InChI=1S/C17H29NO2S/c1-14(19)12-15-4-2-3-8-18(15)16-5-9-20-17(13-16)6-10-21-11-7-17/h15-16H,2-13H2,1H3. The van der Waals surface area contributed by atoms with Gasteiger partial charge in [0.2, 0.25) is 0 Å². The number of likely N-dealkylation sites (tertiary alicyclic amines) is 1. The van der Waals surface area contributed by atoms with E-state index in [4.69, 9.17) is 4.74 Å². The van der Waals surface area contributed by atoms with Crippen molar-refractivity contribution in [1.29, 1.82) is 0 Å². The van der Waals surface area contributed by atoms with Gasteiger partial charge in [0.05, 0.1) is 5.60 Å². The van der Waals surface area contributed by atoms with Gasteiger partial charge in [0, 0.05) is 25.1 Å². The fraction of sp³-hybridized carbons (Fsp3) is 0.941. The van der Waals surface area contributed by atoms with Crippen LogP contribution in [0.5, 0.6) is 0 Å². The van der Waals surface area contributed by atoms with E-state index in [2.05, 4.69) is 16.7 Å². The quantitative estimate of drug-likeness (QED) is 0.800. The summed E-state index contributed by atoms with van der Waals surface area (Å²) in [5.41, 5.74) is 0.159. The Morgan fingerprint density at radius 1 is 1.29 bits per heavy atom. The van der Waals surface area contributed by atoms with E-state index in [1.807, 2.05) is 0 Å². The van der Waals surface area contributed by atoms with Crippen LogP contribution in [0.4, 0.5) is 0 Å². The lowest BCUT2D eigenvalue weighted by Crippen LogP contribution is -2.54. The van der Waals surface area contributed by atoms with Crippen LogP contribution in [0.25, 0.3) is 0 Å². The van der Waals surface area contributed by atoms with Crippen LogP contribution in [0, 0.1) is 0 Å². The van der Waals surface area contributed by atoms with Crippen LogP contribution in [0.2, 0.25) is 0 Å². The number of thioether (sulfide) groups is 1. The molecule has 0 bridgehead atoms. The van der Waals surface area contributed by atoms with E-state index in [9.17, 15) is 4.79 Å². The van der Waals surface area contributed by atoms with Crippen molar-refractivity contribution in [3.05, 3.63) is 0 Å². The van der Waals surface area contributed by atoms with Gasteiger partial charge in [-0.25, -0.2) is 0 Å². The summed E-state index contributed by atoms with van der Waals surface area (Å²) >= 11 is 2.07. The average molecular weight is 311 g/mol. The summed E-state index contributed by atoms with van der Waals surface area (Å²) in [6.07, 6.45) is 9.35. The third kappa shape index (κ3) is 3.83. The van der Waals surface area contributed by atoms with Gasteiger partial charge in [-0.15, -0.1) is 0 Å². The van der Waals surface area contributed by atoms with Crippen molar-refractivity contribution in [2.75, 3.05) is 24.7 Å². The fourth-order valence-electron chi connectivity index (χ4n) is 4.43. The molecule has 0 aliphatic carbocycles. The summed E-state index contributed by atoms with van der Waals surface area (Å²) in [5, 5.41) is 0. The van der Waals surface area contributed by atoms with Crippen LogP contribution < -0.4 is 0 Å². The lowest BCUT2D eigenvalue weighted by molar-refractivity contribution is -0.125. The van der Waals surface area contributed by atoms with Crippen molar-refractivity contribution in [3.8, 4) is 0 Å². The first-order valence-electron chi connectivity index (χ1n) is 8.65. The number of carbonyl (C=O) groups is 1. The van der Waals surface area contributed by atoms with E-state index in [0.29, 0.717) is 17.9 Å². The van der Waals surface area contributed by atoms with Crippen molar-refractivity contribution >= 4 is 17.5 Å². The first-order chi connectivity index (χ1) is 10.2. The van der Waals surface area contributed by atoms with E-state index < -0.39 is 0 Å². The number of carbonyl (C=O) groups excluding carboxylic acids is 1. The van der Waals surface area contributed by atoms with Crippen molar-refractivity contribution in [1.82, 2.24) is 4.90 Å². The SMILES string of the molecule is CC(=O)CC1CCCCN1C1CCOC2(CCSCC2)C1. The van der Waals surface area contributed by atoms with Gasteiger partial charge in [-0.1, -0.05) is 6.42 Å². The molecule has 3 aliphatic heterocycles. The van der Waals surface area contributed by atoms with Crippen LogP contribution in [0.1, 0.15) is 58.3 Å². The Bertz CT molecular complexity index is 362. The van der Waals surface area contributed by atoms with E-state index >= 15 is 0 Å². The van der Waals surface area contributed by atoms with Crippen LogP contribution >= 0.6 is 11.8 Å². The number of piperidine rings is 1. The molecule has 3 aliphatic rings. The number of hydrogen-bond donors (Lipinski definition) is 0. The number of ether oxygens (including phenoxy) is 1. The second-order valence-electron chi connectivity index (χ2n) is 7.08. The van der Waals surface area contributed by atoms with E-state index in [1.54, 1.807) is 6.92 Å². The Balaban J connectivity index is 1.67. The van der Waals surface area contributed by atoms with E-state index in [0.717, 1.165) is 19.4 Å². The Morgan fingerprint density at radius 2 is 2.10 bits per heavy atom. The molecule has 4 heteroatoms. The topological polar surface area (TPSA) is 29.5 Å². The Kier molecular flexibility index (Phi) is 5.28. The Morgan fingerprint density at radius 3 is 2.86 bits per heavy atom. The molecule has 3 fully saturated rings. The molecule has 21 heavy (non-hydrogen) atoms. The molecule has 2 atom stereocenters. The van der Waals surface area contributed by atoms with Gasteiger partial charge in [-0.3, -0.25) is 9.69 Å². The molecule has 0 saturated carbocycles.